The quantitative estimate of drug-likeness (QED) is 0.623. The molecule has 0 fully saturated rings. The summed E-state index contributed by atoms with van der Waals surface area (Å²) in [6.07, 6.45) is 5.11. The molecule has 0 saturated carbocycles. The monoisotopic (exact) mass is 176 g/mol. The summed E-state index contributed by atoms with van der Waals surface area (Å²) < 4.78 is 0.774. The molecule has 0 spiro atoms. The highest BCUT2D eigenvalue weighted by Crippen LogP contribution is 1.94. The topological polar surface area (TPSA) is 38.0 Å². The van der Waals surface area contributed by atoms with Crippen molar-refractivity contribution in [3.63, 3.8) is 0 Å². The Labute approximate surface area is 57.6 Å². The molecule has 0 unspecified atom stereocenters. The summed E-state index contributed by atoms with van der Waals surface area (Å²) in [5.74, 6) is 0. The van der Waals surface area contributed by atoms with Gasteiger partial charge < -0.3 is 11.1 Å². The summed E-state index contributed by atoms with van der Waals surface area (Å²) in [4.78, 5) is 0. The lowest BCUT2D eigenvalue weighted by molar-refractivity contribution is 1.16. The Morgan fingerprint density at radius 1 is 1.75 bits per heavy atom. The van der Waals surface area contributed by atoms with Gasteiger partial charge in [0.25, 0.3) is 0 Å². The fourth-order valence-electron chi connectivity index (χ4n) is 0.211. The van der Waals surface area contributed by atoms with Gasteiger partial charge in [-0.25, -0.2) is 0 Å². The molecule has 2 nitrogen and oxygen atoms in total. The smallest absolute Gasteiger partial charge is 0.0976 e. The van der Waals surface area contributed by atoms with E-state index >= 15 is 0 Å². The van der Waals surface area contributed by atoms with Crippen LogP contribution in [0.15, 0.2) is 23.1 Å². The van der Waals surface area contributed by atoms with E-state index in [1.54, 1.807) is 6.20 Å². The highest BCUT2D eigenvalue weighted by molar-refractivity contribution is 9.11. The van der Waals surface area contributed by atoms with E-state index in [0.29, 0.717) is 0 Å². The van der Waals surface area contributed by atoms with E-state index in [4.69, 9.17) is 5.73 Å². The van der Waals surface area contributed by atoms with E-state index in [9.17, 15) is 0 Å². The van der Waals surface area contributed by atoms with E-state index in [-0.39, 0.29) is 0 Å². The maximum atomic E-state index is 5.11. The van der Waals surface area contributed by atoms with Crippen LogP contribution in [-0.4, -0.2) is 0 Å². The summed E-state index contributed by atoms with van der Waals surface area (Å²) in [5, 5.41) is 2.85. The van der Waals surface area contributed by atoms with Gasteiger partial charge in [0.2, 0.25) is 0 Å². The normalized spacial score (nSPS) is 12.5. The Bertz CT molecular complexity index is 107. The van der Waals surface area contributed by atoms with Crippen LogP contribution in [0.2, 0.25) is 0 Å². The number of nitrogens with two attached hydrogens (primary N) is 1. The fraction of sp³-hybridized carbons (Fsp3) is 0.200. The fourth-order valence-corrected chi connectivity index (χ4v) is 0.343. The third-order valence-corrected chi connectivity index (χ3v) is 1.03. The second-order valence-corrected chi connectivity index (χ2v) is 2.01. The van der Waals surface area contributed by atoms with E-state index < -0.39 is 0 Å². The van der Waals surface area contributed by atoms with Crippen molar-refractivity contribution >= 4 is 15.9 Å². The lowest BCUT2D eigenvalue weighted by Gasteiger charge is -1.92. The first-order valence-corrected chi connectivity index (χ1v) is 3.05. The van der Waals surface area contributed by atoms with Crippen LogP contribution in [0.4, 0.5) is 0 Å². The molecule has 0 bridgehead atoms. The molecule has 0 saturated heterocycles. The number of rotatable bonds is 2. The van der Waals surface area contributed by atoms with Crippen molar-refractivity contribution in [2.45, 2.75) is 6.92 Å². The first-order chi connectivity index (χ1) is 3.81. The molecule has 0 aromatic carbocycles. The Hall–Kier alpha value is -0.440. The van der Waals surface area contributed by atoms with Gasteiger partial charge in [-0.2, -0.15) is 0 Å². The highest BCUT2D eigenvalue weighted by atomic mass is 79.9. The van der Waals surface area contributed by atoms with Gasteiger partial charge in [-0.05, 0) is 29.1 Å². The Balaban J connectivity index is 3.40. The minimum absolute atomic E-state index is 0.774. The largest absolute Gasteiger partial charge is 0.402 e. The minimum Gasteiger partial charge on any atom is -0.402 e. The molecular weight excluding hydrogens is 168 g/mol. The molecule has 0 atom stereocenters. The highest BCUT2D eigenvalue weighted by Gasteiger charge is 1.77. The van der Waals surface area contributed by atoms with Gasteiger partial charge in [-0.3, -0.25) is 0 Å². The third-order valence-electron chi connectivity index (χ3n) is 0.534. The average molecular weight is 177 g/mol. The molecule has 0 aliphatic rings. The van der Waals surface area contributed by atoms with Crippen molar-refractivity contribution in [1.29, 1.82) is 0 Å². The predicted molar refractivity (Wildman–Crippen MR) is 39.1 cm³/mol. The average Bonchev–Trinajstić information content (AvgIpc) is 1.83. The van der Waals surface area contributed by atoms with Crippen LogP contribution in [0.1, 0.15) is 6.92 Å². The molecule has 3 N–H and O–H groups in total. The van der Waals surface area contributed by atoms with E-state index in [1.807, 2.05) is 13.0 Å². The summed E-state index contributed by atoms with van der Waals surface area (Å²) in [7, 11) is 0. The summed E-state index contributed by atoms with van der Waals surface area (Å²) in [5.41, 5.74) is 5.11. The molecule has 0 aromatic rings. The SMILES string of the molecule is C/C=C\N/C(Br)=C\N. The number of hydrogen-bond acceptors (Lipinski definition) is 2. The molecule has 0 aromatic heterocycles. The van der Waals surface area contributed by atoms with E-state index in [2.05, 4.69) is 21.2 Å². The molecule has 3 heteroatoms. The molecule has 0 radical (unpaired) electrons. The molecule has 8 heavy (non-hydrogen) atoms. The van der Waals surface area contributed by atoms with Crippen molar-refractivity contribution in [3.8, 4) is 0 Å². The number of halogens is 1. The number of allylic oxidation sites excluding steroid dienone is 1. The first-order valence-electron chi connectivity index (χ1n) is 2.26. The van der Waals surface area contributed by atoms with Crippen LogP contribution in [0.25, 0.3) is 0 Å². The van der Waals surface area contributed by atoms with Crippen LogP contribution >= 0.6 is 15.9 Å². The van der Waals surface area contributed by atoms with Crippen molar-refractivity contribution in [2.75, 3.05) is 0 Å². The van der Waals surface area contributed by atoms with Gasteiger partial charge >= 0.3 is 0 Å². The molecule has 0 aliphatic heterocycles. The lowest BCUT2D eigenvalue weighted by Crippen LogP contribution is -1.99. The molecule has 0 rings (SSSR count). The standard InChI is InChI=1S/C5H9BrN2/c1-2-3-8-5(6)4-7/h2-4,8H,7H2,1H3/b3-2-,5-4-. The molecule has 46 valence electrons. The summed E-state index contributed by atoms with van der Waals surface area (Å²) >= 11 is 3.15. The van der Waals surface area contributed by atoms with Crippen LogP contribution in [0.5, 0.6) is 0 Å². The lowest BCUT2D eigenvalue weighted by atomic mass is 10.7. The van der Waals surface area contributed by atoms with E-state index in [1.165, 1.54) is 6.20 Å². The van der Waals surface area contributed by atoms with Gasteiger partial charge in [0.15, 0.2) is 0 Å². The van der Waals surface area contributed by atoms with Crippen molar-refractivity contribution in [3.05, 3.63) is 23.1 Å². The van der Waals surface area contributed by atoms with Crippen LogP contribution in [-0.2, 0) is 0 Å². The zero-order valence-electron chi connectivity index (χ0n) is 4.69. The molecular formula is C5H9BrN2. The third kappa shape index (κ3) is 3.74. The summed E-state index contributed by atoms with van der Waals surface area (Å²) in [6.45, 7) is 1.92. The first kappa shape index (κ1) is 7.56. The van der Waals surface area contributed by atoms with E-state index in [0.717, 1.165) is 4.61 Å². The second kappa shape index (κ2) is 4.71. The van der Waals surface area contributed by atoms with Crippen molar-refractivity contribution in [2.24, 2.45) is 5.73 Å². The zero-order chi connectivity index (χ0) is 6.41. The van der Waals surface area contributed by atoms with Gasteiger partial charge in [-0.1, -0.05) is 6.08 Å². The van der Waals surface area contributed by atoms with Crippen LogP contribution in [0.3, 0.4) is 0 Å². The van der Waals surface area contributed by atoms with Crippen LogP contribution < -0.4 is 11.1 Å². The molecule has 0 aliphatic carbocycles. The molecule has 0 heterocycles. The van der Waals surface area contributed by atoms with Gasteiger partial charge in [-0.15, -0.1) is 0 Å². The minimum atomic E-state index is 0.774. The van der Waals surface area contributed by atoms with Crippen molar-refractivity contribution < 1.29 is 0 Å². The second-order valence-electron chi connectivity index (χ2n) is 1.16. The summed E-state index contributed by atoms with van der Waals surface area (Å²) in [6, 6.07) is 0. The Morgan fingerprint density at radius 3 is 2.75 bits per heavy atom. The van der Waals surface area contributed by atoms with Gasteiger partial charge in [0.1, 0.15) is 0 Å². The predicted octanol–water partition coefficient (Wildman–Crippen LogP) is 1.26. The maximum absolute atomic E-state index is 5.11. The zero-order valence-corrected chi connectivity index (χ0v) is 6.27. The van der Waals surface area contributed by atoms with Gasteiger partial charge in [0.05, 0.1) is 4.61 Å². The van der Waals surface area contributed by atoms with Crippen LogP contribution in [0, 0.1) is 0 Å². The Morgan fingerprint density at radius 2 is 2.38 bits per heavy atom. The molecule has 0 amide bonds. The number of hydrogen-bond donors (Lipinski definition) is 2. The number of nitrogens with one attached hydrogen (secondary N) is 1. The maximum Gasteiger partial charge on any atom is 0.0976 e. The Kier molecular flexibility index (Phi) is 4.45. The van der Waals surface area contributed by atoms with Crippen molar-refractivity contribution in [1.82, 2.24) is 5.32 Å². The van der Waals surface area contributed by atoms with Gasteiger partial charge in [0, 0.05) is 6.20 Å².